The molecule has 2 aromatic rings. The Morgan fingerprint density at radius 3 is 2.19 bits per heavy atom. The van der Waals surface area contributed by atoms with E-state index in [1.165, 1.54) is 0 Å². The molecular weight excluding hydrogens is 386 g/mol. The van der Waals surface area contributed by atoms with Gasteiger partial charge in [-0.05, 0) is 74.3 Å². The minimum atomic E-state index is -0.464. The highest BCUT2D eigenvalue weighted by molar-refractivity contribution is 5.85. The molecule has 4 rings (SSSR count). The first-order valence-electron chi connectivity index (χ1n) is 11.5. The molecule has 5 heteroatoms. The Bertz CT molecular complexity index is 915. The number of hydrogen-bond donors (Lipinski definition) is 1. The second-order valence-electron chi connectivity index (χ2n) is 9.66. The van der Waals surface area contributed by atoms with Crippen LogP contribution in [0.1, 0.15) is 45.6 Å². The Labute approximate surface area is 185 Å². The van der Waals surface area contributed by atoms with Crippen molar-refractivity contribution >= 4 is 11.8 Å². The van der Waals surface area contributed by atoms with Crippen LogP contribution in [0.3, 0.4) is 0 Å². The first kappa shape index (κ1) is 21.5. The summed E-state index contributed by atoms with van der Waals surface area (Å²) in [7, 11) is 0. The van der Waals surface area contributed by atoms with Crippen molar-refractivity contribution in [2.24, 2.45) is 17.3 Å². The van der Waals surface area contributed by atoms with Crippen LogP contribution in [0.2, 0.25) is 0 Å². The van der Waals surface area contributed by atoms with E-state index in [0.717, 1.165) is 23.1 Å². The van der Waals surface area contributed by atoms with E-state index in [-0.39, 0.29) is 23.8 Å². The van der Waals surface area contributed by atoms with Crippen molar-refractivity contribution in [1.29, 1.82) is 0 Å². The molecule has 1 aromatic heterocycles. The fraction of sp³-hybridized carbons (Fsp3) is 0.500. The predicted molar refractivity (Wildman–Crippen MR) is 122 cm³/mol. The van der Waals surface area contributed by atoms with Crippen molar-refractivity contribution in [1.82, 2.24) is 15.2 Å². The molecule has 164 valence electrons. The van der Waals surface area contributed by atoms with Gasteiger partial charge in [0.25, 0.3) is 0 Å². The van der Waals surface area contributed by atoms with E-state index in [1.54, 1.807) is 12.4 Å². The molecule has 1 aromatic carbocycles. The average Bonchev–Trinajstić information content (AvgIpc) is 3.51. The van der Waals surface area contributed by atoms with Gasteiger partial charge in [-0.15, -0.1) is 0 Å². The van der Waals surface area contributed by atoms with E-state index in [9.17, 15) is 9.59 Å². The number of amides is 2. The lowest BCUT2D eigenvalue weighted by Gasteiger charge is -2.41. The Hall–Kier alpha value is -2.69. The number of benzene rings is 1. The fourth-order valence-corrected chi connectivity index (χ4v) is 4.71. The van der Waals surface area contributed by atoms with Crippen LogP contribution in [-0.4, -0.2) is 40.8 Å². The normalized spacial score (nSPS) is 22.3. The molecule has 0 bridgehead atoms. The third-order valence-electron chi connectivity index (χ3n) is 6.87. The lowest BCUT2D eigenvalue weighted by Crippen LogP contribution is -2.52. The zero-order valence-electron chi connectivity index (χ0n) is 18.8. The van der Waals surface area contributed by atoms with Crippen molar-refractivity contribution in [3.63, 3.8) is 0 Å². The van der Waals surface area contributed by atoms with Gasteiger partial charge in [0.15, 0.2) is 0 Å². The summed E-state index contributed by atoms with van der Waals surface area (Å²) in [4.78, 5) is 32.0. The summed E-state index contributed by atoms with van der Waals surface area (Å²) >= 11 is 0. The van der Waals surface area contributed by atoms with Crippen LogP contribution >= 0.6 is 0 Å². The Morgan fingerprint density at radius 2 is 1.65 bits per heavy atom. The molecule has 2 heterocycles. The molecule has 1 N–H and O–H groups in total. The van der Waals surface area contributed by atoms with E-state index in [0.29, 0.717) is 38.3 Å². The van der Waals surface area contributed by atoms with E-state index in [2.05, 4.69) is 41.5 Å². The summed E-state index contributed by atoms with van der Waals surface area (Å²) in [6, 6.07) is 12.6. The number of aromatic nitrogens is 1. The van der Waals surface area contributed by atoms with E-state index >= 15 is 0 Å². The third-order valence-corrected chi connectivity index (χ3v) is 6.87. The quantitative estimate of drug-likeness (QED) is 0.767. The molecule has 0 radical (unpaired) electrons. The monoisotopic (exact) mass is 419 g/mol. The summed E-state index contributed by atoms with van der Waals surface area (Å²) in [6.07, 6.45) is 6.73. The largest absolute Gasteiger partial charge is 0.353 e. The van der Waals surface area contributed by atoms with Crippen LogP contribution < -0.4 is 5.32 Å². The van der Waals surface area contributed by atoms with Crippen molar-refractivity contribution < 1.29 is 9.59 Å². The number of carbonyl (C=O) groups excluding carboxylic acids is 2. The smallest absolute Gasteiger partial charge is 0.226 e. The third kappa shape index (κ3) is 4.81. The molecule has 5 nitrogen and oxygen atoms in total. The van der Waals surface area contributed by atoms with Crippen LogP contribution in [0.5, 0.6) is 0 Å². The number of piperidine rings is 1. The summed E-state index contributed by atoms with van der Waals surface area (Å²) in [6.45, 7) is 7.48. The molecule has 2 atom stereocenters. The standard InChI is InChI=1S/C26H33N3O2/c1-18(2)28-25(31)26(10-14-29(15-11-26)24(30)23-16-19(23)3)17-20-4-6-21(7-5-20)22-8-12-27-13-9-22/h4-9,12-13,18-19,23H,10-11,14-17H2,1-3H3,(H,28,31)/t19-,23+/m0/s1. The van der Waals surface area contributed by atoms with Crippen LogP contribution in [0.25, 0.3) is 11.1 Å². The molecule has 1 saturated carbocycles. The van der Waals surface area contributed by atoms with Gasteiger partial charge in [-0.3, -0.25) is 14.6 Å². The van der Waals surface area contributed by atoms with Crippen molar-refractivity contribution in [2.45, 2.75) is 52.5 Å². The molecular formula is C26H33N3O2. The minimum absolute atomic E-state index is 0.102. The van der Waals surface area contributed by atoms with Gasteiger partial charge < -0.3 is 10.2 Å². The zero-order valence-corrected chi connectivity index (χ0v) is 18.8. The maximum Gasteiger partial charge on any atom is 0.226 e. The van der Waals surface area contributed by atoms with Gasteiger partial charge in [-0.25, -0.2) is 0 Å². The number of rotatable bonds is 6. The maximum absolute atomic E-state index is 13.3. The molecule has 0 spiro atoms. The first-order valence-corrected chi connectivity index (χ1v) is 11.5. The maximum atomic E-state index is 13.3. The summed E-state index contributed by atoms with van der Waals surface area (Å²) < 4.78 is 0. The van der Waals surface area contributed by atoms with E-state index in [4.69, 9.17) is 0 Å². The highest BCUT2D eigenvalue weighted by atomic mass is 16.2. The Balaban J connectivity index is 1.49. The first-order chi connectivity index (χ1) is 14.9. The Morgan fingerprint density at radius 1 is 1.06 bits per heavy atom. The summed E-state index contributed by atoms with van der Waals surface area (Å²) in [5.41, 5.74) is 2.97. The van der Waals surface area contributed by atoms with Crippen LogP contribution in [0.15, 0.2) is 48.8 Å². The molecule has 2 aliphatic rings. The van der Waals surface area contributed by atoms with Crippen molar-refractivity contribution in [3.8, 4) is 11.1 Å². The lowest BCUT2D eigenvalue weighted by atomic mass is 9.72. The van der Waals surface area contributed by atoms with Gasteiger partial charge in [0.2, 0.25) is 11.8 Å². The Kier molecular flexibility index (Phi) is 6.12. The van der Waals surface area contributed by atoms with Crippen LogP contribution in [0.4, 0.5) is 0 Å². The molecule has 2 fully saturated rings. The molecule has 1 aliphatic carbocycles. The topological polar surface area (TPSA) is 62.3 Å². The highest BCUT2D eigenvalue weighted by Crippen LogP contribution is 2.42. The van der Waals surface area contributed by atoms with Crippen molar-refractivity contribution in [3.05, 3.63) is 54.4 Å². The van der Waals surface area contributed by atoms with Gasteiger partial charge in [-0.2, -0.15) is 0 Å². The van der Waals surface area contributed by atoms with Gasteiger partial charge in [0.05, 0.1) is 5.41 Å². The molecule has 0 unspecified atom stereocenters. The number of carbonyl (C=O) groups is 2. The molecule has 31 heavy (non-hydrogen) atoms. The number of nitrogens with one attached hydrogen (secondary N) is 1. The van der Waals surface area contributed by atoms with Gasteiger partial charge in [0, 0.05) is 37.4 Å². The van der Waals surface area contributed by atoms with Gasteiger partial charge >= 0.3 is 0 Å². The second kappa shape index (κ2) is 8.81. The second-order valence-corrected chi connectivity index (χ2v) is 9.66. The van der Waals surface area contributed by atoms with Gasteiger partial charge in [-0.1, -0.05) is 31.2 Å². The highest BCUT2D eigenvalue weighted by Gasteiger charge is 2.46. The molecule has 1 aliphatic heterocycles. The summed E-state index contributed by atoms with van der Waals surface area (Å²) in [5, 5.41) is 3.15. The van der Waals surface area contributed by atoms with E-state index < -0.39 is 5.41 Å². The number of nitrogens with zero attached hydrogens (tertiary/aromatic N) is 2. The average molecular weight is 420 g/mol. The van der Waals surface area contributed by atoms with Crippen LogP contribution in [-0.2, 0) is 16.0 Å². The zero-order chi connectivity index (χ0) is 22.0. The molecule has 1 saturated heterocycles. The van der Waals surface area contributed by atoms with E-state index in [1.807, 2.05) is 30.9 Å². The SMILES string of the molecule is CC(C)NC(=O)C1(Cc2ccc(-c3ccncc3)cc2)CCN(C(=O)[C@@H]2C[C@@H]2C)CC1. The molecule has 2 amide bonds. The lowest BCUT2D eigenvalue weighted by molar-refractivity contribution is -0.141. The van der Waals surface area contributed by atoms with Gasteiger partial charge in [0.1, 0.15) is 0 Å². The van der Waals surface area contributed by atoms with Crippen molar-refractivity contribution in [2.75, 3.05) is 13.1 Å². The fourth-order valence-electron chi connectivity index (χ4n) is 4.71. The summed E-state index contributed by atoms with van der Waals surface area (Å²) in [5.74, 6) is 1.12. The predicted octanol–water partition coefficient (Wildman–Crippen LogP) is 4.08. The number of likely N-dealkylation sites (tertiary alicyclic amines) is 1. The number of pyridine rings is 1. The minimum Gasteiger partial charge on any atom is -0.353 e. The van der Waals surface area contributed by atoms with Crippen LogP contribution in [0, 0.1) is 17.3 Å². The number of hydrogen-bond acceptors (Lipinski definition) is 3.